The predicted octanol–water partition coefficient (Wildman–Crippen LogP) is 0.748. The summed E-state index contributed by atoms with van der Waals surface area (Å²) in [6, 6.07) is 0. The molecular formula is C14H20N2O4. The molecule has 0 spiro atoms. The van der Waals surface area contributed by atoms with Crippen molar-refractivity contribution in [3.05, 3.63) is 24.0 Å². The number of ether oxygens (including phenoxy) is 1. The molecule has 20 heavy (non-hydrogen) atoms. The predicted molar refractivity (Wildman–Crippen MR) is 73.5 cm³/mol. The van der Waals surface area contributed by atoms with Gasteiger partial charge >= 0.3 is 5.97 Å². The van der Waals surface area contributed by atoms with Crippen LogP contribution in [0.3, 0.4) is 0 Å². The Kier molecular flexibility index (Phi) is 6.49. The Labute approximate surface area is 118 Å². The second-order valence-corrected chi connectivity index (χ2v) is 4.30. The molecule has 1 rings (SSSR count). The molecule has 0 aromatic rings. The van der Waals surface area contributed by atoms with E-state index in [0.29, 0.717) is 18.5 Å². The molecule has 1 aliphatic heterocycles. The highest BCUT2D eigenvalue weighted by Crippen LogP contribution is 2.12. The second kappa shape index (κ2) is 8.14. The van der Waals surface area contributed by atoms with Gasteiger partial charge in [0.15, 0.2) is 5.78 Å². The van der Waals surface area contributed by atoms with Crippen LogP contribution in [0.25, 0.3) is 0 Å². The lowest BCUT2D eigenvalue weighted by Crippen LogP contribution is -2.29. The van der Waals surface area contributed by atoms with Crippen LogP contribution < -0.4 is 5.32 Å². The second-order valence-electron chi connectivity index (χ2n) is 4.30. The number of amides is 1. The molecule has 0 saturated heterocycles. The third-order valence-electron chi connectivity index (χ3n) is 2.59. The average Bonchev–Trinajstić information content (AvgIpc) is 2.39. The Bertz CT molecular complexity index is 440. The number of esters is 1. The van der Waals surface area contributed by atoms with Gasteiger partial charge < -0.3 is 15.0 Å². The molecular weight excluding hydrogens is 260 g/mol. The lowest BCUT2D eigenvalue weighted by molar-refractivity contribution is -0.145. The van der Waals surface area contributed by atoms with Crippen LogP contribution in [0.4, 0.5) is 0 Å². The fraction of sp³-hybridized carbons (Fsp3) is 0.500. The number of likely N-dealkylation sites (N-methyl/N-ethyl adjacent to an activating group) is 1. The van der Waals surface area contributed by atoms with Crippen LogP contribution in [-0.2, 0) is 19.1 Å². The number of carbonyl (C=O) groups excluding carboxylic acids is 3. The van der Waals surface area contributed by atoms with E-state index in [1.54, 1.807) is 24.2 Å². The van der Waals surface area contributed by atoms with E-state index in [-0.39, 0.29) is 31.3 Å². The summed E-state index contributed by atoms with van der Waals surface area (Å²) in [5.41, 5.74) is 0.596. The minimum absolute atomic E-state index is 0.0538. The van der Waals surface area contributed by atoms with Gasteiger partial charge in [0.2, 0.25) is 5.91 Å². The number of allylic oxidation sites excluding steroid dienone is 1. The van der Waals surface area contributed by atoms with Crippen LogP contribution in [0, 0.1) is 0 Å². The van der Waals surface area contributed by atoms with Crippen molar-refractivity contribution in [2.24, 2.45) is 0 Å². The van der Waals surface area contributed by atoms with Crippen molar-refractivity contribution < 1.29 is 19.1 Å². The summed E-state index contributed by atoms with van der Waals surface area (Å²) in [7, 11) is 0. The molecule has 1 heterocycles. The zero-order valence-electron chi connectivity index (χ0n) is 11.8. The number of rotatable bonds is 7. The Hall–Kier alpha value is -2.11. The topological polar surface area (TPSA) is 75.7 Å². The lowest BCUT2D eigenvalue weighted by atomic mass is 10.1. The van der Waals surface area contributed by atoms with Gasteiger partial charge in [-0.3, -0.25) is 14.4 Å². The highest BCUT2D eigenvalue weighted by Gasteiger charge is 2.16. The molecule has 0 bridgehead atoms. The average molecular weight is 280 g/mol. The summed E-state index contributed by atoms with van der Waals surface area (Å²) >= 11 is 0. The molecule has 0 aliphatic carbocycles. The van der Waals surface area contributed by atoms with E-state index in [1.165, 1.54) is 0 Å². The van der Waals surface area contributed by atoms with Gasteiger partial charge in [0.1, 0.15) is 6.42 Å². The SMILES string of the molecule is CCNC(=O)C1=CN(CC(=O)CC(=O)OCC)C=CC1. The minimum atomic E-state index is -0.522. The quantitative estimate of drug-likeness (QED) is 0.550. The van der Waals surface area contributed by atoms with E-state index in [0.717, 1.165) is 0 Å². The molecule has 0 unspecified atom stereocenters. The third kappa shape index (κ3) is 5.26. The first kappa shape index (κ1) is 15.9. The number of nitrogens with one attached hydrogen (secondary N) is 1. The van der Waals surface area contributed by atoms with Crippen molar-refractivity contribution in [3.63, 3.8) is 0 Å². The third-order valence-corrected chi connectivity index (χ3v) is 2.59. The van der Waals surface area contributed by atoms with Gasteiger partial charge in [-0.2, -0.15) is 0 Å². The maximum Gasteiger partial charge on any atom is 0.313 e. The van der Waals surface area contributed by atoms with Crippen molar-refractivity contribution >= 4 is 17.7 Å². The Balaban J connectivity index is 2.52. The van der Waals surface area contributed by atoms with Gasteiger partial charge in [-0.15, -0.1) is 0 Å². The normalized spacial score (nSPS) is 13.7. The van der Waals surface area contributed by atoms with Crippen LogP contribution in [-0.4, -0.2) is 42.3 Å². The highest BCUT2D eigenvalue weighted by molar-refractivity contribution is 5.97. The summed E-state index contributed by atoms with van der Waals surface area (Å²) < 4.78 is 4.72. The number of hydrogen-bond acceptors (Lipinski definition) is 5. The fourth-order valence-corrected chi connectivity index (χ4v) is 1.77. The van der Waals surface area contributed by atoms with Gasteiger partial charge in [0, 0.05) is 24.5 Å². The molecule has 1 amide bonds. The van der Waals surface area contributed by atoms with Gasteiger partial charge in [0.05, 0.1) is 13.2 Å². The first-order chi connectivity index (χ1) is 9.56. The molecule has 110 valence electrons. The first-order valence-electron chi connectivity index (χ1n) is 6.65. The molecule has 0 atom stereocenters. The molecule has 0 saturated carbocycles. The van der Waals surface area contributed by atoms with Gasteiger partial charge in [-0.1, -0.05) is 6.08 Å². The minimum Gasteiger partial charge on any atom is -0.466 e. The van der Waals surface area contributed by atoms with E-state index >= 15 is 0 Å². The molecule has 0 fully saturated rings. The van der Waals surface area contributed by atoms with Gasteiger partial charge in [-0.25, -0.2) is 0 Å². The standard InChI is InChI=1S/C14H20N2O4/c1-3-15-14(19)11-6-5-7-16(9-11)10-12(17)8-13(18)20-4-2/h5,7,9H,3-4,6,8,10H2,1-2H3,(H,15,19). The van der Waals surface area contributed by atoms with Crippen LogP contribution in [0.1, 0.15) is 26.7 Å². The first-order valence-corrected chi connectivity index (χ1v) is 6.65. The molecule has 0 aromatic heterocycles. The summed E-state index contributed by atoms with van der Waals surface area (Å²) in [6.45, 7) is 4.41. The number of carbonyl (C=O) groups is 3. The van der Waals surface area contributed by atoms with E-state index in [1.807, 2.05) is 13.0 Å². The summed E-state index contributed by atoms with van der Waals surface area (Å²) in [6.07, 6.45) is 5.46. The van der Waals surface area contributed by atoms with Crippen molar-refractivity contribution in [3.8, 4) is 0 Å². The Morgan fingerprint density at radius 3 is 2.75 bits per heavy atom. The number of ketones is 1. The maximum absolute atomic E-state index is 11.7. The van der Waals surface area contributed by atoms with Crippen molar-refractivity contribution in [2.75, 3.05) is 19.7 Å². The van der Waals surface area contributed by atoms with Crippen molar-refractivity contribution in [1.82, 2.24) is 10.2 Å². The maximum atomic E-state index is 11.7. The van der Waals surface area contributed by atoms with E-state index in [9.17, 15) is 14.4 Å². The summed E-state index contributed by atoms with van der Waals surface area (Å²) in [4.78, 5) is 36.2. The number of hydrogen-bond donors (Lipinski definition) is 1. The van der Waals surface area contributed by atoms with Crippen molar-refractivity contribution in [1.29, 1.82) is 0 Å². The fourth-order valence-electron chi connectivity index (χ4n) is 1.77. The molecule has 0 radical (unpaired) electrons. The Morgan fingerprint density at radius 2 is 2.10 bits per heavy atom. The number of nitrogens with zero attached hydrogens (tertiary/aromatic N) is 1. The zero-order chi connectivity index (χ0) is 15.0. The zero-order valence-corrected chi connectivity index (χ0v) is 11.8. The van der Waals surface area contributed by atoms with E-state index in [4.69, 9.17) is 4.74 Å². The highest BCUT2D eigenvalue weighted by atomic mass is 16.5. The molecule has 6 heteroatoms. The monoisotopic (exact) mass is 280 g/mol. The van der Waals surface area contributed by atoms with Crippen LogP contribution in [0.15, 0.2) is 24.0 Å². The molecule has 6 nitrogen and oxygen atoms in total. The van der Waals surface area contributed by atoms with E-state index < -0.39 is 5.97 Å². The molecule has 1 N–H and O–H groups in total. The molecule has 1 aliphatic rings. The van der Waals surface area contributed by atoms with Crippen LogP contribution in [0.5, 0.6) is 0 Å². The smallest absolute Gasteiger partial charge is 0.313 e. The largest absolute Gasteiger partial charge is 0.466 e. The number of Topliss-reactive ketones (excluding diaryl/α,β-unsaturated/α-hetero) is 1. The van der Waals surface area contributed by atoms with Crippen molar-refractivity contribution in [2.45, 2.75) is 26.7 Å². The van der Waals surface area contributed by atoms with Gasteiger partial charge in [-0.05, 0) is 20.3 Å². The summed E-state index contributed by atoms with van der Waals surface area (Å²) in [5.74, 6) is -0.910. The summed E-state index contributed by atoms with van der Waals surface area (Å²) in [5, 5.41) is 2.71. The van der Waals surface area contributed by atoms with E-state index in [2.05, 4.69) is 5.32 Å². The van der Waals surface area contributed by atoms with Gasteiger partial charge in [0.25, 0.3) is 0 Å². The Morgan fingerprint density at radius 1 is 1.35 bits per heavy atom. The lowest BCUT2D eigenvalue weighted by Gasteiger charge is -2.20. The van der Waals surface area contributed by atoms with Crippen LogP contribution >= 0.6 is 0 Å². The van der Waals surface area contributed by atoms with Crippen LogP contribution in [0.2, 0.25) is 0 Å². The molecule has 0 aromatic carbocycles.